The summed E-state index contributed by atoms with van der Waals surface area (Å²) in [4.78, 5) is 7.57. The first-order valence-corrected chi connectivity index (χ1v) is 12.9. The summed E-state index contributed by atoms with van der Waals surface area (Å²) in [5.41, 5.74) is 5.68. The van der Waals surface area contributed by atoms with Gasteiger partial charge in [-0.05, 0) is 69.4 Å². The molecule has 6 rings (SSSR count). The predicted molar refractivity (Wildman–Crippen MR) is 159 cm³/mol. The van der Waals surface area contributed by atoms with E-state index in [2.05, 4.69) is 147 Å². The highest BCUT2D eigenvalue weighted by Gasteiger charge is 2.25. The maximum absolute atomic E-state index is 5.29. The van der Waals surface area contributed by atoms with Gasteiger partial charge in [-0.25, -0.2) is 0 Å². The summed E-state index contributed by atoms with van der Waals surface area (Å²) in [6, 6.07) is 34.8. The van der Waals surface area contributed by atoms with Gasteiger partial charge in [0.2, 0.25) is 0 Å². The van der Waals surface area contributed by atoms with Crippen LogP contribution in [0.25, 0.3) is 32.3 Å². The highest BCUT2D eigenvalue weighted by molar-refractivity contribution is 6.26. The second-order valence-electron chi connectivity index (χ2n) is 9.53. The molecule has 0 radical (unpaired) electrons. The number of rotatable bonds is 4. The van der Waals surface area contributed by atoms with Gasteiger partial charge in [0.15, 0.2) is 0 Å². The maximum Gasteiger partial charge on any atom is 0.147 e. The van der Waals surface area contributed by atoms with Crippen LogP contribution in [0.4, 0.5) is 0 Å². The molecule has 0 aliphatic carbocycles. The molecule has 0 fully saturated rings. The summed E-state index contributed by atoms with van der Waals surface area (Å²) < 4.78 is 0. The van der Waals surface area contributed by atoms with Crippen molar-refractivity contribution in [2.24, 2.45) is 4.99 Å². The molecule has 180 valence electrons. The molecule has 0 saturated heterocycles. The molecule has 1 unspecified atom stereocenters. The minimum absolute atomic E-state index is 0.0968. The van der Waals surface area contributed by atoms with Crippen LogP contribution in [-0.2, 0) is 0 Å². The highest BCUT2D eigenvalue weighted by Crippen LogP contribution is 2.37. The van der Waals surface area contributed by atoms with Crippen LogP contribution in [-0.4, -0.2) is 17.7 Å². The molecule has 0 bridgehead atoms. The molecule has 5 aromatic carbocycles. The number of likely N-dealkylation sites (N-methyl/N-ethyl adjacent to an activating group) is 1. The molecule has 1 heterocycles. The van der Waals surface area contributed by atoms with Crippen molar-refractivity contribution in [3.63, 3.8) is 0 Å². The van der Waals surface area contributed by atoms with Crippen LogP contribution < -0.4 is 0 Å². The van der Waals surface area contributed by atoms with E-state index in [4.69, 9.17) is 4.99 Å². The zero-order chi connectivity index (χ0) is 25.4. The third-order valence-corrected chi connectivity index (χ3v) is 7.37. The summed E-state index contributed by atoms with van der Waals surface area (Å²) in [5.74, 6) is 0. The summed E-state index contributed by atoms with van der Waals surface area (Å²) in [6.07, 6.45) is 8.58. The molecule has 1 atom stereocenters. The first-order chi connectivity index (χ1) is 18.2. The van der Waals surface area contributed by atoms with Gasteiger partial charge in [-0.1, -0.05) is 109 Å². The lowest BCUT2D eigenvalue weighted by Crippen LogP contribution is -2.29. The Hall–Kier alpha value is -4.43. The predicted octanol–water partition coefficient (Wildman–Crippen LogP) is 8.99. The van der Waals surface area contributed by atoms with Crippen molar-refractivity contribution in [3.05, 3.63) is 144 Å². The zero-order valence-electron chi connectivity index (χ0n) is 21.5. The van der Waals surface area contributed by atoms with E-state index in [-0.39, 0.29) is 6.17 Å². The molecule has 37 heavy (non-hydrogen) atoms. The molecule has 5 aromatic rings. The van der Waals surface area contributed by atoms with Crippen LogP contribution in [0.1, 0.15) is 31.1 Å². The number of allylic oxidation sites excluding steroid dienone is 4. The molecule has 0 saturated carbocycles. The smallest absolute Gasteiger partial charge is 0.147 e. The average molecular weight is 479 g/mol. The van der Waals surface area contributed by atoms with Crippen LogP contribution in [0.2, 0.25) is 0 Å². The van der Waals surface area contributed by atoms with Crippen molar-refractivity contribution in [3.8, 4) is 0 Å². The second kappa shape index (κ2) is 9.55. The van der Waals surface area contributed by atoms with Crippen molar-refractivity contribution >= 4 is 38.0 Å². The third kappa shape index (κ3) is 3.95. The third-order valence-electron chi connectivity index (χ3n) is 7.37. The molecule has 1 aliphatic heterocycles. The van der Waals surface area contributed by atoms with E-state index >= 15 is 0 Å². The molecule has 0 amide bonds. The lowest BCUT2D eigenvalue weighted by molar-refractivity contribution is 0.321. The number of aliphatic imine (C=N–C) groups is 1. The Labute approximate surface area is 218 Å². The standard InChI is InChI=1S/C35H30N2/c1-4-13-24(5-2)34-23-33(36-35(37(34)3)25-14-7-6-8-15-25)26-20-21-31-29-18-10-9-16-27(29)28-17-11-12-19-30(28)32(31)22-26/h4-23,35H,1-3H3/b13-4-,24-5+. The van der Waals surface area contributed by atoms with E-state index in [0.29, 0.717) is 0 Å². The normalized spacial score (nSPS) is 16.6. The monoisotopic (exact) mass is 478 g/mol. The Morgan fingerprint density at radius 3 is 1.86 bits per heavy atom. The van der Waals surface area contributed by atoms with Crippen molar-refractivity contribution in [2.45, 2.75) is 20.0 Å². The van der Waals surface area contributed by atoms with Crippen molar-refractivity contribution in [1.29, 1.82) is 0 Å². The van der Waals surface area contributed by atoms with Crippen LogP contribution in [0.3, 0.4) is 0 Å². The zero-order valence-corrected chi connectivity index (χ0v) is 21.5. The SMILES string of the molecule is C/C=C\C(=C/C)C1=CC(c2ccc3c4ccccc4c4ccccc4c3c2)=NC(c2ccccc2)N1C. The average Bonchev–Trinajstić information content (AvgIpc) is 2.96. The Bertz CT molecular complexity index is 1720. The molecular weight excluding hydrogens is 448 g/mol. The number of nitrogens with zero attached hydrogens (tertiary/aromatic N) is 2. The van der Waals surface area contributed by atoms with E-state index in [0.717, 1.165) is 11.3 Å². The van der Waals surface area contributed by atoms with Crippen LogP contribution in [0, 0.1) is 0 Å². The fraction of sp³-hybridized carbons (Fsp3) is 0.114. The summed E-state index contributed by atoms with van der Waals surface area (Å²) >= 11 is 0. The second-order valence-corrected chi connectivity index (χ2v) is 9.53. The van der Waals surface area contributed by atoms with E-state index in [1.165, 1.54) is 49.2 Å². The lowest BCUT2D eigenvalue weighted by atomic mass is 9.92. The van der Waals surface area contributed by atoms with Crippen LogP contribution in [0.5, 0.6) is 0 Å². The van der Waals surface area contributed by atoms with E-state index in [9.17, 15) is 0 Å². The molecular formula is C35H30N2. The summed E-state index contributed by atoms with van der Waals surface area (Å²) in [5, 5.41) is 7.69. The first-order valence-electron chi connectivity index (χ1n) is 12.9. The van der Waals surface area contributed by atoms with Gasteiger partial charge in [0.25, 0.3) is 0 Å². The van der Waals surface area contributed by atoms with Gasteiger partial charge < -0.3 is 4.90 Å². The maximum atomic E-state index is 5.29. The fourth-order valence-corrected chi connectivity index (χ4v) is 5.56. The molecule has 2 nitrogen and oxygen atoms in total. The highest BCUT2D eigenvalue weighted by atomic mass is 15.2. The van der Waals surface area contributed by atoms with Gasteiger partial charge in [-0.2, -0.15) is 0 Å². The Morgan fingerprint density at radius 2 is 1.27 bits per heavy atom. The quantitative estimate of drug-likeness (QED) is 0.186. The first kappa shape index (κ1) is 23.0. The van der Waals surface area contributed by atoms with Crippen molar-refractivity contribution in [1.82, 2.24) is 4.90 Å². The number of benzene rings is 5. The van der Waals surface area contributed by atoms with Crippen molar-refractivity contribution < 1.29 is 0 Å². The largest absolute Gasteiger partial charge is 0.349 e. The van der Waals surface area contributed by atoms with Crippen LogP contribution >= 0.6 is 0 Å². The number of fused-ring (bicyclic) bond motifs is 6. The summed E-state index contributed by atoms with van der Waals surface area (Å²) in [7, 11) is 2.14. The molecule has 2 heteroatoms. The molecule has 0 aromatic heterocycles. The van der Waals surface area contributed by atoms with Gasteiger partial charge in [-0.3, -0.25) is 4.99 Å². The lowest BCUT2D eigenvalue weighted by Gasteiger charge is -2.34. The Morgan fingerprint density at radius 1 is 0.703 bits per heavy atom. The number of hydrogen-bond acceptors (Lipinski definition) is 2. The van der Waals surface area contributed by atoms with Gasteiger partial charge in [0.05, 0.1) is 5.71 Å². The minimum atomic E-state index is -0.0968. The van der Waals surface area contributed by atoms with Gasteiger partial charge in [0, 0.05) is 18.3 Å². The fourth-order valence-electron chi connectivity index (χ4n) is 5.56. The summed E-state index contributed by atoms with van der Waals surface area (Å²) in [6.45, 7) is 4.16. The van der Waals surface area contributed by atoms with Crippen molar-refractivity contribution in [2.75, 3.05) is 7.05 Å². The Balaban J connectivity index is 1.60. The minimum Gasteiger partial charge on any atom is -0.349 e. The van der Waals surface area contributed by atoms with Gasteiger partial charge >= 0.3 is 0 Å². The topological polar surface area (TPSA) is 15.6 Å². The van der Waals surface area contributed by atoms with Gasteiger partial charge in [-0.15, -0.1) is 0 Å². The van der Waals surface area contributed by atoms with E-state index in [1.54, 1.807) is 0 Å². The van der Waals surface area contributed by atoms with E-state index < -0.39 is 0 Å². The van der Waals surface area contributed by atoms with E-state index in [1.807, 2.05) is 0 Å². The van der Waals surface area contributed by atoms with Gasteiger partial charge in [0.1, 0.15) is 6.17 Å². The number of hydrogen-bond donors (Lipinski definition) is 0. The molecule has 1 aliphatic rings. The molecule has 0 N–H and O–H groups in total. The van der Waals surface area contributed by atoms with Crippen LogP contribution in [0.15, 0.2) is 138 Å². The molecule has 0 spiro atoms. The Kier molecular flexibility index (Phi) is 5.94.